The summed E-state index contributed by atoms with van der Waals surface area (Å²) < 4.78 is 5.97. The van der Waals surface area contributed by atoms with Crippen molar-refractivity contribution in [2.75, 3.05) is 0 Å². The van der Waals surface area contributed by atoms with Crippen molar-refractivity contribution in [2.45, 2.75) is 0 Å². The van der Waals surface area contributed by atoms with Crippen LogP contribution in [-0.4, -0.2) is 0 Å². The average Bonchev–Trinajstić information content (AvgIpc) is 3.16. The van der Waals surface area contributed by atoms with Crippen molar-refractivity contribution in [2.24, 2.45) is 0 Å². The lowest BCUT2D eigenvalue weighted by atomic mass is 9.96. The highest BCUT2D eigenvalue weighted by Crippen LogP contribution is 2.35. The van der Waals surface area contributed by atoms with Gasteiger partial charge in [-0.2, -0.15) is 0 Å². The molecule has 1 aromatic heterocycles. The van der Waals surface area contributed by atoms with Gasteiger partial charge in [0, 0.05) is 15.8 Å². The fraction of sp³-hybridized carbons (Fsp3) is 0. The fourth-order valence-corrected chi connectivity index (χ4v) is 4.43. The molecule has 1 nitrogen and oxygen atoms in total. The molecule has 0 bridgehead atoms. The van der Waals surface area contributed by atoms with Gasteiger partial charge in [0.1, 0.15) is 11.2 Å². The molecular weight excluding hydrogens is 388 g/mol. The van der Waals surface area contributed by atoms with Crippen LogP contribution in [0.25, 0.3) is 55.0 Å². The third kappa shape index (κ3) is 2.87. The van der Waals surface area contributed by atoms with Gasteiger partial charge in [-0.05, 0) is 75.5 Å². The van der Waals surface area contributed by atoms with Crippen LogP contribution < -0.4 is 0 Å². The van der Waals surface area contributed by atoms with E-state index in [0.29, 0.717) is 0 Å². The molecule has 0 saturated carbocycles. The molecule has 0 aliphatic heterocycles. The highest BCUT2D eigenvalue weighted by molar-refractivity contribution is 6.31. The molecule has 0 amide bonds. The Morgan fingerprint density at radius 1 is 0.467 bits per heavy atom. The van der Waals surface area contributed by atoms with E-state index in [2.05, 4.69) is 66.7 Å². The van der Waals surface area contributed by atoms with E-state index in [-0.39, 0.29) is 0 Å². The first-order valence-electron chi connectivity index (χ1n) is 9.96. The maximum atomic E-state index is 6.54. The van der Waals surface area contributed by atoms with Gasteiger partial charge in [-0.1, -0.05) is 72.3 Å². The first-order valence-corrected chi connectivity index (χ1v) is 10.3. The molecule has 1 heterocycles. The summed E-state index contributed by atoms with van der Waals surface area (Å²) in [6, 6.07) is 35.7. The summed E-state index contributed by atoms with van der Waals surface area (Å²) in [5, 5.41) is 5.44. The van der Waals surface area contributed by atoms with Gasteiger partial charge in [0.05, 0.1) is 0 Å². The van der Waals surface area contributed by atoms with E-state index < -0.39 is 0 Å². The smallest absolute Gasteiger partial charge is 0.135 e. The van der Waals surface area contributed by atoms with Crippen LogP contribution in [0.1, 0.15) is 0 Å². The molecule has 0 spiro atoms. The van der Waals surface area contributed by atoms with Crippen molar-refractivity contribution in [1.82, 2.24) is 0 Å². The first-order chi connectivity index (χ1) is 14.7. The minimum Gasteiger partial charge on any atom is -0.456 e. The van der Waals surface area contributed by atoms with Gasteiger partial charge in [0.25, 0.3) is 0 Å². The van der Waals surface area contributed by atoms with Crippen LogP contribution in [0, 0.1) is 0 Å². The quantitative estimate of drug-likeness (QED) is 0.281. The molecule has 30 heavy (non-hydrogen) atoms. The van der Waals surface area contributed by atoms with Crippen LogP contribution in [-0.2, 0) is 0 Å². The summed E-state index contributed by atoms with van der Waals surface area (Å²) in [5.41, 5.74) is 6.30. The summed E-state index contributed by atoms with van der Waals surface area (Å²) in [6.45, 7) is 0. The van der Waals surface area contributed by atoms with Gasteiger partial charge in [0.15, 0.2) is 0 Å². The minimum absolute atomic E-state index is 0.729. The SMILES string of the molecule is Clc1cc(-c2ccc3ccccc3c2)cc(-c2ccc3oc4ccccc4c3c2)c1. The second-order valence-corrected chi connectivity index (χ2v) is 8.04. The lowest BCUT2D eigenvalue weighted by Crippen LogP contribution is -1.84. The van der Waals surface area contributed by atoms with Crippen LogP contribution in [0.2, 0.25) is 5.02 Å². The minimum atomic E-state index is 0.729. The first kappa shape index (κ1) is 17.3. The highest BCUT2D eigenvalue weighted by Gasteiger charge is 2.10. The van der Waals surface area contributed by atoms with Crippen molar-refractivity contribution in [3.8, 4) is 22.3 Å². The molecule has 0 fully saturated rings. The standard InChI is InChI=1S/C28H17ClO/c29-24-15-22(20-10-9-18-5-1-2-6-19(18)13-20)14-23(16-24)21-11-12-28-26(17-21)25-7-3-4-8-27(25)30-28/h1-17H. The monoisotopic (exact) mass is 404 g/mol. The predicted octanol–water partition coefficient (Wildman–Crippen LogP) is 8.73. The fourth-order valence-electron chi connectivity index (χ4n) is 4.20. The highest BCUT2D eigenvalue weighted by atomic mass is 35.5. The number of fused-ring (bicyclic) bond motifs is 4. The molecular formula is C28H17ClO. The van der Waals surface area contributed by atoms with Crippen LogP contribution >= 0.6 is 11.6 Å². The van der Waals surface area contributed by atoms with Gasteiger partial charge in [-0.25, -0.2) is 0 Å². The lowest BCUT2D eigenvalue weighted by Gasteiger charge is -2.09. The molecule has 2 heteroatoms. The number of hydrogen-bond donors (Lipinski definition) is 0. The van der Waals surface area contributed by atoms with Crippen LogP contribution in [0.3, 0.4) is 0 Å². The molecule has 0 radical (unpaired) electrons. The maximum Gasteiger partial charge on any atom is 0.135 e. The van der Waals surface area contributed by atoms with Crippen LogP contribution in [0.15, 0.2) is 108 Å². The van der Waals surface area contributed by atoms with Gasteiger partial charge in [-0.15, -0.1) is 0 Å². The number of rotatable bonds is 2. The molecule has 142 valence electrons. The Kier molecular flexibility index (Phi) is 3.90. The predicted molar refractivity (Wildman–Crippen MR) is 127 cm³/mol. The Balaban J connectivity index is 1.51. The summed E-state index contributed by atoms with van der Waals surface area (Å²) in [5.74, 6) is 0. The van der Waals surface area contributed by atoms with E-state index in [1.54, 1.807) is 0 Å². The third-order valence-corrected chi connectivity index (χ3v) is 5.91. The maximum absolute atomic E-state index is 6.54. The number of para-hydroxylation sites is 1. The van der Waals surface area contributed by atoms with Crippen molar-refractivity contribution in [3.63, 3.8) is 0 Å². The molecule has 6 aromatic rings. The zero-order chi connectivity index (χ0) is 20.1. The molecule has 6 rings (SSSR count). The Bertz CT molecular complexity index is 1560. The number of hydrogen-bond acceptors (Lipinski definition) is 1. The van der Waals surface area contributed by atoms with Crippen LogP contribution in [0.4, 0.5) is 0 Å². The summed E-state index contributed by atoms with van der Waals surface area (Å²) in [4.78, 5) is 0. The number of furan rings is 1. The van der Waals surface area contributed by atoms with Gasteiger partial charge in [-0.3, -0.25) is 0 Å². The summed E-state index contributed by atoms with van der Waals surface area (Å²) in [6.07, 6.45) is 0. The zero-order valence-corrected chi connectivity index (χ0v) is 16.9. The van der Waals surface area contributed by atoms with E-state index in [4.69, 9.17) is 16.0 Å². The van der Waals surface area contributed by atoms with E-state index in [1.807, 2.05) is 36.4 Å². The van der Waals surface area contributed by atoms with Gasteiger partial charge in [0.2, 0.25) is 0 Å². The van der Waals surface area contributed by atoms with E-state index in [9.17, 15) is 0 Å². The normalized spacial score (nSPS) is 11.5. The number of benzene rings is 5. The second kappa shape index (κ2) is 6.76. The van der Waals surface area contributed by atoms with E-state index in [1.165, 1.54) is 10.8 Å². The Hall–Kier alpha value is -3.55. The molecule has 0 N–H and O–H groups in total. The molecule has 0 unspecified atom stereocenters. The van der Waals surface area contributed by atoms with Gasteiger partial charge < -0.3 is 4.42 Å². The second-order valence-electron chi connectivity index (χ2n) is 7.60. The Morgan fingerprint density at radius 3 is 2.00 bits per heavy atom. The lowest BCUT2D eigenvalue weighted by molar-refractivity contribution is 0.669. The largest absolute Gasteiger partial charge is 0.456 e. The zero-order valence-electron chi connectivity index (χ0n) is 16.1. The molecule has 0 aliphatic carbocycles. The van der Waals surface area contributed by atoms with Crippen molar-refractivity contribution in [3.05, 3.63) is 108 Å². The summed E-state index contributed by atoms with van der Waals surface area (Å²) in [7, 11) is 0. The average molecular weight is 405 g/mol. The Morgan fingerprint density at radius 2 is 1.13 bits per heavy atom. The Labute approximate surface area is 179 Å². The molecule has 0 atom stereocenters. The molecule has 0 saturated heterocycles. The topological polar surface area (TPSA) is 13.1 Å². The van der Waals surface area contributed by atoms with Crippen molar-refractivity contribution in [1.29, 1.82) is 0 Å². The number of halogens is 1. The van der Waals surface area contributed by atoms with E-state index in [0.717, 1.165) is 49.2 Å². The summed E-state index contributed by atoms with van der Waals surface area (Å²) >= 11 is 6.54. The van der Waals surface area contributed by atoms with Crippen LogP contribution in [0.5, 0.6) is 0 Å². The van der Waals surface area contributed by atoms with Crippen molar-refractivity contribution >= 4 is 44.3 Å². The van der Waals surface area contributed by atoms with Crippen molar-refractivity contribution < 1.29 is 4.42 Å². The molecule has 0 aliphatic rings. The third-order valence-electron chi connectivity index (χ3n) is 5.69. The van der Waals surface area contributed by atoms with Gasteiger partial charge >= 0.3 is 0 Å². The molecule has 5 aromatic carbocycles. The van der Waals surface area contributed by atoms with E-state index >= 15 is 0 Å².